The van der Waals surface area contributed by atoms with E-state index < -0.39 is 10.8 Å². The summed E-state index contributed by atoms with van der Waals surface area (Å²) in [5, 5.41) is 3.14. The third-order valence-corrected chi connectivity index (χ3v) is 2.89. The number of nitrogens with zero attached hydrogens (tertiary/aromatic N) is 1. The van der Waals surface area contributed by atoms with Gasteiger partial charge in [-0.3, -0.25) is 4.21 Å². The number of aryl methyl sites for hydroxylation is 1. The van der Waals surface area contributed by atoms with Crippen LogP contribution < -0.4 is 11.1 Å². The number of hydrogen-bond acceptors (Lipinski definition) is 4. The number of nitrogens with two attached hydrogens (primary N) is 1. The number of rotatable bonds is 4. The average Bonchev–Trinajstić information content (AvgIpc) is 2.08. The second kappa shape index (κ2) is 5.11. The van der Waals surface area contributed by atoms with E-state index in [-0.39, 0.29) is 6.04 Å². The van der Waals surface area contributed by atoms with Crippen molar-refractivity contribution in [3.8, 4) is 0 Å². The zero-order chi connectivity index (χ0) is 11.4. The molecule has 84 valence electrons. The Hall–Kier alpha value is -1.10. The Kier molecular flexibility index (Phi) is 4.08. The molecule has 0 aliphatic heterocycles. The zero-order valence-electron chi connectivity index (χ0n) is 9.28. The predicted octanol–water partition coefficient (Wildman–Crippen LogP) is 1.15. The maximum atomic E-state index is 11.0. The number of nitrogen functional groups attached to an aromatic ring is 1. The standard InChI is InChI=1S/C10H17N3OS/c1-7-4-9(11)10(12-5-7)13-8(2)6-15(3)14/h4-5,8H,6,11H2,1-3H3,(H,12,13). The summed E-state index contributed by atoms with van der Waals surface area (Å²) < 4.78 is 11.0. The van der Waals surface area contributed by atoms with Crippen LogP contribution in [0, 0.1) is 6.92 Å². The van der Waals surface area contributed by atoms with Crippen molar-refractivity contribution in [2.45, 2.75) is 19.9 Å². The average molecular weight is 227 g/mol. The molecule has 0 saturated carbocycles. The van der Waals surface area contributed by atoms with Crippen LogP contribution in [-0.2, 0) is 10.8 Å². The SMILES string of the molecule is Cc1cnc(NC(C)CS(C)=O)c(N)c1. The summed E-state index contributed by atoms with van der Waals surface area (Å²) in [6.07, 6.45) is 3.44. The first-order chi connectivity index (χ1) is 6.99. The van der Waals surface area contributed by atoms with Crippen molar-refractivity contribution in [3.63, 3.8) is 0 Å². The molecule has 1 aromatic heterocycles. The van der Waals surface area contributed by atoms with Crippen molar-refractivity contribution >= 4 is 22.3 Å². The largest absolute Gasteiger partial charge is 0.396 e. The van der Waals surface area contributed by atoms with Gasteiger partial charge in [0.2, 0.25) is 0 Å². The van der Waals surface area contributed by atoms with E-state index in [1.807, 2.05) is 19.9 Å². The van der Waals surface area contributed by atoms with E-state index in [9.17, 15) is 4.21 Å². The van der Waals surface area contributed by atoms with Crippen LogP contribution in [0.5, 0.6) is 0 Å². The van der Waals surface area contributed by atoms with Gasteiger partial charge in [-0.05, 0) is 25.5 Å². The first-order valence-electron chi connectivity index (χ1n) is 4.77. The van der Waals surface area contributed by atoms with Gasteiger partial charge in [0.25, 0.3) is 0 Å². The summed E-state index contributed by atoms with van der Waals surface area (Å²) in [5.74, 6) is 1.26. The lowest BCUT2D eigenvalue weighted by atomic mass is 10.2. The fourth-order valence-corrected chi connectivity index (χ4v) is 2.13. The summed E-state index contributed by atoms with van der Waals surface area (Å²) in [6, 6.07) is 1.97. The summed E-state index contributed by atoms with van der Waals surface area (Å²) in [4.78, 5) is 4.19. The van der Waals surface area contributed by atoms with Crippen LogP contribution in [0.2, 0.25) is 0 Å². The van der Waals surface area contributed by atoms with Crippen LogP contribution in [0.25, 0.3) is 0 Å². The molecule has 1 aromatic rings. The topological polar surface area (TPSA) is 68.0 Å². The zero-order valence-corrected chi connectivity index (χ0v) is 10.1. The lowest BCUT2D eigenvalue weighted by molar-refractivity contribution is 0.683. The molecule has 3 N–H and O–H groups in total. The van der Waals surface area contributed by atoms with E-state index in [0.29, 0.717) is 17.3 Å². The molecule has 2 unspecified atom stereocenters. The van der Waals surface area contributed by atoms with Crippen LogP contribution in [0.4, 0.5) is 11.5 Å². The van der Waals surface area contributed by atoms with Crippen molar-refractivity contribution < 1.29 is 4.21 Å². The van der Waals surface area contributed by atoms with Gasteiger partial charge >= 0.3 is 0 Å². The highest BCUT2D eigenvalue weighted by molar-refractivity contribution is 7.84. The monoisotopic (exact) mass is 227 g/mol. The molecule has 0 aromatic carbocycles. The molecular formula is C10H17N3OS. The first kappa shape index (κ1) is 12.0. The molecule has 4 nitrogen and oxygen atoms in total. The number of nitrogens with one attached hydrogen (secondary N) is 1. The lowest BCUT2D eigenvalue weighted by Gasteiger charge is -2.14. The highest BCUT2D eigenvalue weighted by Crippen LogP contribution is 2.16. The van der Waals surface area contributed by atoms with Crippen molar-refractivity contribution in [1.29, 1.82) is 0 Å². The summed E-state index contributed by atoms with van der Waals surface area (Å²) in [7, 11) is -0.811. The van der Waals surface area contributed by atoms with Crippen LogP contribution >= 0.6 is 0 Å². The fraction of sp³-hybridized carbons (Fsp3) is 0.500. The van der Waals surface area contributed by atoms with E-state index in [2.05, 4.69) is 10.3 Å². The highest BCUT2D eigenvalue weighted by atomic mass is 32.2. The second-order valence-electron chi connectivity index (χ2n) is 3.74. The number of hydrogen-bond donors (Lipinski definition) is 2. The molecule has 0 bridgehead atoms. The van der Waals surface area contributed by atoms with Crippen molar-refractivity contribution in [3.05, 3.63) is 17.8 Å². The van der Waals surface area contributed by atoms with Gasteiger partial charge in [0.15, 0.2) is 0 Å². The summed E-state index contributed by atoms with van der Waals surface area (Å²) in [6.45, 7) is 3.90. The normalized spacial score (nSPS) is 14.6. The Morgan fingerprint density at radius 1 is 1.67 bits per heavy atom. The van der Waals surface area contributed by atoms with Crippen molar-refractivity contribution in [2.24, 2.45) is 0 Å². The molecule has 15 heavy (non-hydrogen) atoms. The molecule has 0 spiro atoms. The van der Waals surface area contributed by atoms with Crippen LogP contribution in [0.15, 0.2) is 12.3 Å². The maximum Gasteiger partial charge on any atom is 0.149 e. The minimum Gasteiger partial charge on any atom is -0.396 e. The van der Waals surface area contributed by atoms with Gasteiger partial charge in [-0.2, -0.15) is 0 Å². The summed E-state index contributed by atoms with van der Waals surface area (Å²) >= 11 is 0. The molecule has 0 amide bonds. The first-order valence-corrected chi connectivity index (χ1v) is 6.50. The van der Waals surface area contributed by atoms with E-state index >= 15 is 0 Å². The van der Waals surface area contributed by atoms with Gasteiger partial charge in [0, 0.05) is 35.0 Å². The predicted molar refractivity (Wildman–Crippen MR) is 65.4 cm³/mol. The van der Waals surface area contributed by atoms with Crippen molar-refractivity contribution in [1.82, 2.24) is 4.98 Å². The molecule has 1 heterocycles. The van der Waals surface area contributed by atoms with Crippen LogP contribution in [0.1, 0.15) is 12.5 Å². The Morgan fingerprint density at radius 3 is 2.87 bits per heavy atom. The van der Waals surface area contributed by atoms with Gasteiger partial charge in [-0.15, -0.1) is 0 Å². The minimum absolute atomic E-state index is 0.105. The quantitative estimate of drug-likeness (QED) is 0.809. The van der Waals surface area contributed by atoms with E-state index in [4.69, 9.17) is 5.73 Å². The molecule has 0 aliphatic carbocycles. The highest BCUT2D eigenvalue weighted by Gasteiger charge is 2.07. The molecule has 0 radical (unpaired) electrons. The van der Waals surface area contributed by atoms with E-state index in [1.165, 1.54) is 0 Å². The molecule has 2 atom stereocenters. The maximum absolute atomic E-state index is 11.0. The Bertz CT molecular complexity index is 368. The Balaban J connectivity index is 2.68. The molecule has 0 saturated heterocycles. The van der Waals surface area contributed by atoms with Gasteiger partial charge in [0.05, 0.1) is 5.69 Å². The fourth-order valence-electron chi connectivity index (χ4n) is 1.34. The Labute approximate surface area is 92.7 Å². The molecule has 5 heteroatoms. The lowest BCUT2D eigenvalue weighted by Crippen LogP contribution is -2.23. The van der Waals surface area contributed by atoms with E-state index in [0.717, 1.165) is 5.56 Å². The van der Waals surface area contributed by atoms with Gasteiger partial charge in [-0.1, -0.05) is 0 Å². The van der Waals surface area contributed by atoms with Crippen LogP contribution in [-0.4, -0.2) is 27.2 Å². The molecular weight excluding hydrogens is 210 g/mol. The minimum atomic E-state index is -0.811. The van der Waals surface area contributed by atoms with E-state index in [1.54, 1.807) is 12.5 Å². The van der Waals surface area contributed by atoms with Gasteiger partial charge in [0.1, 0.15) is 5.82 Å². The van der Waals surface area contributed by atoms with Crippen molar-refractivity contribution in [2.75, 3.05) is 23.1 Å². The molecule has 1 rings (SSSR count). The third-order valence-electron chi connectivity index (χ3n) is 1.92. The smallest absolute Gasteiger partial charge is 0.149 e. The summed E-state index contributed by atoms with van der Waals surface area (Å²) in [5.41, 5.74) is 7.46. The number of pyridine rings is 1. The number of anilines is 2. The second-order valence-corrected chi connectivity index (χ2v) is 5.22. The van der Waals surface area contributed by atoms with Crippen LogP contribution in [0.3, 0.4) is 0 Å². The number of aromatic nitrogens is 1. The molecule has 0 aliphatic rings. The molecule has 0 fully saturated rings. The third kappa shape index (κ3) is 3.87. The Morgan fingerprint density at radius 2 is 2.33 bits per heavy atom. The van der Waals surface area contributed by atoms with Gasteiger partial charge in [-0.25, -0.2) is 4.98 Å². The van der Waals surface area contributed by atoms with Gasteiger partial charge < -0.3 is 11.1 Å².